The van der Waals surface area contributed by atoms with E-state index in [1.54, 1.807) is 6.92 Å². The molecule has 0 aliphatic carbocycles. The first-order valence-electron chi connectivity index (χ1n) is 4.98. The van der Waals surface area contributed by atoms with Gasteiger partial charge < -0.3 is 28.9 Å². The summed E-state index contributed by atoms with van der Waals surface area (Å²) in [7, 11) is -1.18. The predicted octanol–water partition coefficient (Wildman–Crippen LogP) is -0.958. The monoisotopic (exact) mass is 222 g/mol. The molecule has 2 N–H and O–H groups in total. The summed E-state index contributed by atoms with van der Waals surface area (Å²) in [4.78, 5) is 0. The molecule has 0 spiro atoms. The summed E-state index contributed by atoms with van der Waals surface area (Å²) in [6.45, 7) is 4.02. The third-order valence-electron chi connectivity index (χ3n) is 1.40. The molecule has 0 amide bonds. The van der Waals surface area contributed by atoms with E-state index in [2.05, 4.69) is 0 Å². The largest absolute Gasteiger partial charge is 0.636 e. The Bertz CT molecular complexity index is 126. The van der Waals surface area contributed by atoms with Crippen molar-refractivity contribution in [3.05, 3.63) is 0 Å². The van der Waals surface area contributed by atoms with Crippen molar-refractivity contribution in [2.75, 3.05) is 46.2 Å². The summed E-state index contributed by atoms with van der Waals surface area (Å²) in [6.07, 6.45) is 0. The molecule has 7 heteroatoms. The Kier molecular flexibility index (Phi) is 11.8. The summed E-state index contributed by atoms with van der Waals surface area (Å²) in [5.74, 6) is 0. The van der Waals surface area contributed by atoms with Crippen molar-refractivity contribution in [2.45, 2.75) is 6.92 Å². The molecule has 0 aromatic rings. The van der Waals surface area contributed by atoms with Crippen LogP contribution in [0, 0.1) is 0 Å². The first-order chi connectivity index (χ1) is 7.31. The Balaban J connectivity index is 2.98. The highest BCUT2D eigenvalue weighted by Crippen LogP contribution is 1.85. The van der Waals surface area contributed by atoms with Crippen molar-refractivity contribution in [3.8, 4) is 0 Å². The quantitative estimate of drug-likeness (QED) is 0.346. The van der Waals surface area contributed by atoms with Gasteiger partial charge in [0.05, 0.1) is 39.6 Å². The number of rotatable bonds is 11. The van der Waals surface area contributed by atoms with Crippen LogP contribution in [0.3, 0.4) is 0 Å². The summed E-state index contributed by atoms with van der Waals surface area (Å²) in [5.41, 5.74) is 0. The van der Waals surface area contributed by atoms with Crippen LogP contribution in [0.25, 0.3) is 0 Å². The van der Waals surface area contributed by atoms with Gasteiger partial charge in [0.25, 0.3) is 0 Å². The van der Waals surface area contributed by atoms with Crippen LogP contribution in [0.5, 0.6) is 0 Å². The molecule has 0 aromatic heterocycles. The Morgan fingerprint density at radius 1 is 0.933 bits per heavy atom. The fourth-order valence-electron chi connectivity index (χ4n) is 0.785. The molecule has 15 heavy (non-hydrogen) atoms. The van der Waals surface area contributed by atoms with E-state index in [0.717, 1.165) is 0 Å². The highest BCUT2D eigenvalue weighted by Gasteiger charge is 2.13. The minimum atomic E-state index is -1.18. The van der Waals surface area contributed by atoms with Crippen molar-refractivity contribution in [3.63, 3.8) is 0 Å². The van der Waals surface area contributed by atoms with Crippen molar-refractivity contribution in [2.24, 2.45) is 0 Å². The molecule has 0 saturated carbocycles. The van der Waals surface area contributed by atoms with Crippen LogP contribution in [0.1, 0.15) is 6.92 Å². The van der Waals surface area contributed by atoms with E-state index in [-0.39, 0.29) is 13.2 Å². The molecule has 0 aromatic carbocycles. The highest BCUT2D eigenvalue weighted by atomic mass is 16.7. The minimum absolute atomic E-state index is 0.0175. The zero-order valence-corrected chi connectivity index (χ0v) is 9.05. The molecule has 0 radical (unpaired) electrons. The normalized spacial score (nSPS) is 10.6. The van der Waals surface area contributed by atoms with Gasteiger partial charge in [-0.15, -0.1) is 0 Å². The van der Waals surface area contributed by atoms with Crippen LogP contribution < -0.4 is 0 Å². The number of ether oxygens (including phenoxy) is 2. The van der Waals surface area contributed by atoms with Gasteiger partial charge in [0.15, 0.2) is 0 Å². The van der Waals surface area contributed by atoms with Crippen molar-refractivity contribution in [1.29, 1.82) is 0 Å². The topological polar surface area (TPSA) is 77.4 Å². The maximum Gasteiger partial charge on any atom is 0.636 e. The fraction of sp³-hybridized carbons (Fsp3) is 1.00. The first kappa shape index (κ1) is 14.8. The van der Waals surface area contributed by atoms with Gasteiger partial charge in [0, 0.05) is 6.61 Å². The Morgan fingerprint density at radius 3 is 2.13 bits per heavy atom. The van der Waals surface area contributed by atoms with E-state index in [1.807, 2.05) is 0 Å². The number of hydrogen-bond donors (Lipinski definition) is 2. The standard InChI is InChI=1S/C8H19BO6/c1-2-14-9(11)15-8-7-13-6-5-12-4-3-10/h10-11H,2-8H2,1H3. The van der Waals surface area contributed by atoms with Gasteiger partial charge >= 0.3 is 7.32 Å². The number of aliphatic hydroxyl groups excluding tert-OH is 1. The van der Waals surface area contributed by atoms with Crippen molar-refractivity contribution in [1.82, 2.24) is 0 Å². The second kappa shape index (κ2) is 11.9. The summed E-state index contributed by atoms with van der Waals surface area (Å²) < 4.78 is 19.6. The molecule has 0 atom stereocenters. The molecule has 90 valence electrons. The Labute approximate surface area is 90.3 Å². The third-order valence-corrected chi connectivity index (χ3v) is 1.40. The van der Waals surface area contributed by atoms with E-state index < -0.39 is 7.32 Å². The second-order valence-electron chi connectivity index (χ2n) is 2.58. The Morgan fingerprint density at radius 2 is 1.53 bits per heavy atom. The van der Waals surface area contributed by atoms with Crippen LogP contribution in [0.15, 0.2) is 0 Å². The molecule has 6 nitrogen and oxygen atoms in total. The first-order valence-corrected chi connectivity index (χ1v) is 4.98. The zero-order chi connectivity index (χ0) is 11.4. The molecule has 0 heterocycles. The lowest BCUT2D eigenvalue weighted by Crippen LogP contribution is -2.24. The van der Waals surface area contributed by atoms with Gasteiger partial charge in [-0.05, 0) is 6.92 Å². The van der Waals surface area contributed by atoms with Crippen LogP contribution >= 0.6 is 0 Å². The minimum Gasteiger partial charge on any atom is -0.402 e. The molecule has 0 fully saturated rings. The average molecular weight is 222 g/mol. The summed E-state index contributed by atoms with van der Waals surface area (Å²) in [6, 6.07) is 0. The Hall–Kier alpha value is -0.175. The number of hydrogen-bond acceptors (Lipinski definition) is 6. The van der Waals surface area contributed by atoms with E-state index >= 15 is 0 Å². The maximum atomic E-state index is 8.97. The van der Waals surface area contributed by atoms with Gasteiger partial charge in [-0.1, -0.05) is 0 Å². The van der Waals surface area contributed by atoms with Gasteiger partial charge in [0.1, 0.15) is 0 Å². The van der Waals surface area contributed by atoms with E-state index in [9.17, 15) is 0 Å². The van der Waals surface area contributed by atoms with Crippen LogP contribution in [0.4, 0.5) is 0 Å². The van der Waals surface area contributed by atoms with Crippen LogP contribution in [-0.2, 0) is 18.8 Å². The van der Waals surface area contributed by atoms with Crippen LogP contribution in [-0.4, -0.2) is 63.7 Å². The average Bonchev–Trinajstić information content (AvgIpc) is 2.22. The SMILES string of the molecule is CCOB(O)OCCOCCOCCO. The molecule has 0 aliphatic rings. The lowest BCUT2D eigenvalue weighted by molar-refractivity contribution is 0.0177. The lowest BCUT2D eigenvalue weighted by Gasteiger charge is -2.07. The fourth-order valence-corrected chi connectivity index (χ4v) is 0.785. The highest BCUT2D eigenvalue weighted by molar-refractivity contribution is 6.34. The second-order valence-corrected chi connectivity index (χ2v) is 2.58. The van der Waals surface area contributed by atoms with Gasteiger partial charge in [-0.3, -0.25) is 0 Å². The summed E-state index contributed by atoms with van der Waals surface area (Å²) in [5, 5.41) is 17.4. The van der Waals surface area contributed by atoms with Gasteiger partial charge in [-0.2, -0.15) is 0 Å². The number of aliphatic hydroxyl groups is 1. The molecular formula is C8H19BO6. The van der Waals surface area contributed by atoms with Gasteiger partial charge in [0.2, 0.25) is 0 Å². The third kappa shape index (κ3) is 11.8. The lowest BCUT2D eigenvalue weighted by atomic mass is 10.2. The maximum absolute atomic E-state index is 8.97. The van der Waals surface area contributed by atoms with Crippen LogP contribution in [0.2, 0.25) is 0 Å². The molecule has 0 unspecified atom stereocenters. The molecule has 0 rings (SSSR count). The van der Waals surface area contributed by atoms with Crippen molar-refractivity contribution >= 4 is 7.32 Å². The predicted molar refractivity (Wildman–Crippen MR) is 54.3 cm³/mol. The molecular weight excluding hydrogens is 203 g/mol. The molecule has 0 saturated heterocycles. The molecule has 0 aliphatic heterocycles. The van der Waals surface area contributed by atoms with Crippen molar-refractivity contribution < 1.29 is 28.9 Å². The zero-order valence-electron chi connectivity index (χ0n) is 9.05. The van der Waals surface area contributed by atoms with Gasteiger partial charge in [-0.25, -0.2) is 0 Å². The van der Waals surface area contributed by atoms with E-state index in [1.165, 1.54) is 0 Å². The van der Waals surface area contributed by atoms with E-state index in [0.29, 0.717) is 33.0 Å². The summed E-state index contributed by atoms with van der Waals surface area (Å²) >= 11 is 0. The smallest absolute Gasteiger partial charge is 0.402 e. The van der Waals surface area contributed by atoms with E-state index in [4.69, 9.17) is 28.9 Å². The molecule has 0 bridgehead atoms.